The normalized spacial score (nSPS) is 22.5. The lowest BCUT2D eigenvalue weighted by atomic mass is 9.91. The van der Waals surface area contributed by atoms with Crippen molar-refractivity contribution in [3.63, 3.8) is 0 Å². The molecule has 0 aromatic heterocycles. The predicted molar refractivity (Wildman–Crippen MR) is 111 cm³/mol. The first-order valence-corrected chi connectivity index (χ1v) is 10.4. The average molecular weight is 450 g/mol. The molecule has 27 heavy (non-hydrogen) atoms. The summed E-state index contributed by atoms with van der Waals surface area (Å²) in [4.78, 5) is 16.3. The maximum Gasteiger partial charge on any atom is 0.219 e. The fraction of sp³-hybridized carbons (Fsp3) is 0.381. The third kappa shape index (κ3) is 3.86. The Bertz CT molecular complexity index is 843. The van der Waals surface area contributed by atoms with Crippen molar-refractivity contribution in [2.45, 2.75) is 25.5 Å². The summed E-state index contributed by atoms with van der Waals surface area (Å²) in [6, 6.07) is 14.4. The number of carbonyl (C=O) groups is 1. The fourth-order valence-corrected chi connectivity index (χ4v) is 4.62. The number of anilines is 1. The first kappa shape index (κ1) is 18.8. The van der Waals surface area contributed by atoms with Crippen molar-refractivity contribution in [1.82, 2.24) is 4.90 Å². The van der Waals surface area contributed by atoms with Crippen LogP contribution in [0.5, 0.6) is 0 Å². The van der Waals surface area contributed by atoms with E-state index in [2.05, 4.69) is 39.0 Å². The molecule has 2 aromatic rings. The summed E-state index contributed by atoms with van der Waals surface area (Å²) >= 11 is 9.66. The summed E-state index contributed by atoms with van der Waals surface area (Å²) in [6.07, 6.45) is 0.842. The number of hydrogen-bond donors (Lipinski definition) is 0. The zero-order chi connectivity index (χ0) is 19.0. The lowest BCUT2D eigenvalue weighted by Crippen LogP contribution is -2.57. The molecule has 2 aliphatic rings. The van der Waals surface area contributed by atoms with Crippen molar-refractivity contribution < 1.29 is 9.53 Å². The second-order valence-electron chi connectivity index (χ2n) is 7.09. The van der Waals surface area contributed by atoms with Crippen molar-refractivity contribution in [3.05, 3.63) is 63.1 Å². The summed E-state index contributed by atoms with van der Waals surface area (Å²) in [5, 5.41) is 0.724. The van der Waals surface area contributed by atoms with Gasteiger partial charge in [0.05, 0.1) is 12.6 Å². The van der Waals surface area contributed by atoms with Crippen LogP contribution in [-0.4, -0.2) is 43.1 Å². The van der Waals surface area contributed by atoms with Crippen molar-refractivity contribution in [2.24, 2.45) is 0 Å². The maximum atomic E-state index is 12.0. The van der Waals surface area contributed by atoms with Gasteiger partial charge < -0.3 is 14.5 Å². The Labute approximate surface area is 173 Å². The number of piperazine rings is 1. The van der Waals surface area contributed by atoms with Gasteiger partial charge in [0.1, 0.15) is 6.10 Å². The van der Waals surface area contributed by atoms with Gasteiger partial charge in [0.25, 0.3) is 0 Å². The van der Waals surface area contributed by atoms with Crippen LogP contribution < -0.4 is 4.90 Å². The number of rotatable bonds is 2. The minimum absolute atomic E-state index is 0.0593. The van der Waals surface area contributed by atoms with E-state index in [1.54, 1.807) is 6.92 Å². The first-order chi connectivity index (χ1) is 13.0. The second-order valence-corrected chi connectivity index (χ2v) is 8.44. The Morgan fingerprint density at radius 1 is 1.19 bits per heavy atom. The van der Waals surface area contributed by atoms with Gasteiger partial charge in [-0.05, 0) is 53.9 Å². The molecule has 2 aliphatic heterocycles. The number of benzene rings is 2. The minimum Gasteiger partial charge on any atom is -0.371 e. The molecule has 2 heterocycles. The molecule has 2 atom stereocenters. The number of carbonyl (C=O) groups excluding carboxylic acids is 1. The van der Waals surface area contributed by atoms with Crippen molar-refractivity contribution in [1.29, 1.82) is 0 Å². The smallest absolute Gasteiger partial charge is 0.219 e. The van der Waals surface area contributed by atoms with Gasteiger partial charge in [0.2, 0.25) is 5.91 Å². The Morgan fingerprint density at radius 3 is 2.70 bits per heavy atom. The summed E-state index contributed by atoms with van der Waals surface area (Å²) < 4.78 is 7.35. The number of amides is 1. The molecule has 0 bridgehead atoms. The molecule has 4 nitrogen and oxygen atoms in total. The van der Waals surface area contributed by atoms with Gasteiger partial charge in [-0.1, -0.05) is 33.6 Å². The Kier molecular flexibility index (Phi) is 5.44. The maximum absolute atomic E-state index is 12.0. The van der Waals surface area contributed by atoms with Crippen LogP contribution in [-0.2, 0) is 16.0 Å². The molecule has 0 aliphatic carbocycles. The third-order valence-corrected chi connectivity index (χ3v) is 6.20. The van der Waals surface area contributed by atoms with Crippen LogP contribution in [0.25, 0.3) is 0 Å². The van der Waals surface area contributed by atoms with Crippen LogP contribution in [0, 0.1) is 0 Å². The zero-order valence-corrected chi connectivity index (χ0v) is 17.5. The van der Waals surface area contributed by atoms with Crippen LogP contribution in [0.3, 0.4) is 0 Å². The number of hydrogen-bond acceptors (Lipinski definition) is 3. The Morgan fingerprint density at radius 2 is 1.96 bits per heavy atom. The molecule has 1 fully saturated rings. The molecule has 0 N–H and O–H groups in total. The van der Waals surface area contributed by atoms with Crippen LogP contribution in [0.2, 0.25) is 5.02 Å². The van der Waals surface area contributed by atoms with E-state index in [0.717, 1.165) is 28.1 Å². The van der Waals surface area contributed by atoms with E-state index >= 15 is 0 Å². The lowest BCUT2D eigenvalue weighted by molar-refractivity contribution is -0.130. The molecule has 4 rings (SSSR count). The van der Waals surface area contributed by atoms with E-state index in [1.807, 2.05) is 29.2 Å². The van der Waals surface area contributed by atoms with Gasteiger partial charge in [0, 0.05) is 41.7 Å². The molecule has 0 radical (unpaired) electrons. The molecule has 0 spiro atoms. The summed E-state index contributed by atoms with van der Waals surface area (Å²) in [5.74, 6) is 0.114. The third-order valence-electron chi connectivity index (χ3n) is 5.45. The Balaban J connectivity index is 1.71. The molecule has 2 aromatic carbocycles. The number of ether oxygens (including phenoxy) is 1. The fourth-order valence-electron chi connectivity index (χ4n) is 4.08. The van der Waals surface area contributed by atoms with Crippen LogP contribution in [0.15, 0.2) is 46.9 Å². The van der Waals surface area contributed by atoms with Crippen LogP contribution in [0.1, 0.15) is 24.2 Å². The standard InChI is InChI=1S/C21H22BrClN2O2/c1-14(26)24-9-10-25(18-5-3-17(23)4-6-18)20(13-24)21-19-7-2-16(22)12-15(19)8-11-27-21/h2-7,12,20-21H,8-11,13H2,1H3. The largest absolute Gasteiger partial charge is 0.371 e. The lowest BCUT2D eigenvalue weighted by Gasteiger charge is -2.47. The predicted octanol–water partition coefficient (Wildman–Crippen LogP) is 4.45. The molecule has 2 unspecified atom stereocenters. The van der Waals surface area contributed by atoms with Gasteiger partial charge in [-0.15, -0.1) is 0 Å². The van der Waals surface area contributed by atoms with Gasteiger partial charge in [-0.2, -0.15) is 0 Å². The van der Waals surface area contributed by atoms with Gasteiger partial charge >= 0.3 is 0 Å². The van der Waals surface area contributed by atoms with E-state index in [0.29, 0.717) is 19.7 Å². The molecule has 6 heteroatoms. The van der Waals surface area contributed by atoms with Crippen LogP contribution in [0.4, 0.5) is 5.69 Å². The summed E-state index contributed by atoms with van der Waals surface area (Å²) in [5.41, 5.74) is 3.65. The highest BCUT2D eigenvalue weighted by molar-refractivity contribution is 9.10. The SMILES string of the molecule is CC(=O)N1CCN(c2ccc(Cl)cc2)C(C2OCCc3cc(Br)ccc32)C1. The van der Waals surface area contributed by atoms with Gasteiger partial charge in [-0.3, -0.25) is 4.79 Å². The molecular weight excluding hydrogens is 428 g/mol. The quantitative estimate of drug-likeness (QED) is 0.679. The van der Waals surface area contributed by atoms with Crippen molar-refractivity contribution >= 4 is 39.1 Å². The van der Waals surface area contributed by atoms with Crippen molar-refractivity contribution in [2.75, 3.05) is 31.1 Å². The van der Waals surface area contributed by atoms with E-state index in [9.17, 15) is 4.79 Å². The molecular formula is C21H22BrClN2O2. The topological polar surface area (TPSA) is 32.8 Å². The van der Waals surface area contributed by atoms with E-state index < -0.39 is 0 Å². The van der Waals surface area contributed by atoms with Crippen molar-refractivity contribution in [3.8, 4) is 0 Å². The highest BCUT2D eigenvalue weighted by atomic mass is 79.9. The van der Waals surface area contributed by atoms with Gasteiger partial charge in [0.15, 0.2) is 0 Å². The zero-order valence-electron chi connectivity index (χ0n) is 15.2. The minimum atomic E-state index is -0.0697. The average Bonchev–Trinajstić information content (AvgIpc) is 2.67. The number of halogens is 2. The summed E-state index contributed by atoms with van der Waals surface area (Å²) in [6.45, 7) is 4.48. The molecule has 1 amide bonds. The summed E-state index contributed by atoms with van der Waals surface area (Å²) in [7, 11) is 0. The number of fused-ring (bicyclic) bond motifs is 1. The van der Waals surface area contributed by atoms with E-state index in [-0.39, 0.29) is 18.1 Å². The number of nitrogens with zero attached hydrogens (tertiary/aromatic N) is 2. The second kappa shape index (κ2) is 7.82. The van der Waals surface area contributed by atoms with Gasteiger partial charge in [-0.25, -0.2) is 0 Å². The van der Waals surface area contributed by atoms with E-state index in [4.69, 9.17) is 16.3 Å². The molecule has 0 saturated carbocycles. The molecule has 142 valence electrons. The first-order valence-electron chi connectivity index (χ1n) is 9.20. The highest BCUT2D eigenvalue weighted by Gasteiger charge is 2.38. The highest BCUT2D eigenvalue weighted by Crippen LogP contribution is 2.37. The molecule has 1 saturated heterocycles. The Hall–Kier alpha value is -1.56. The van der Waals surface area contributed by atoms with Crippen LogP contribution >= 0.6 is 27.5 Å². The van der Waals surface area contributed by atoms with E-state index in [1.165, 1.54) is 11.1 Å². The monoisotopic (exact) mass is 448 g/mol.